The van der Waals surface area contributed by atoms with Gasteiger partial charge in [0.2, 0.25) is 0 Å². The molecule has 0 spiro atoms. The monoisotopic (exact) mass is 408 g/mol. The number of nitrogens with zero attached hydrogens (tertiary/aromatic N) is 4. The van der Waals surface area contributed by atoms with Gasteiger partial charge in [-0.25, -0.2) is 0 Å². The number of rotatable bonds is 8. The van der Waals surface area contributed by atoms with E-state index in [4.69, 9.17) is 0 Å². The number of nitro benzene ring substituents is 1. The second-order valence-electron chi connectivity index (χ2n) is 7.29. The van der Waals surface area contributed by atoms with Gasteiger partial charge >= 0.3 is 0 Å². The molecule has 0 N–H and O–H groups in total. The Bertz CT molecular complexity index is 984. The molecule has 0 fully saturated rings. The van der Waals surface area contributed by atoms with Crippen molar-refractivity contribution in [2.75, 3.05) is 13.1 Å². The van der Waals surface area contributed by atoms with Crippen LogP contribution < -0.4 is 0 Å². The molecule has 0 saturated carbocycles. The highest BCUT2D eigenvalue weighted by molar-refractivity contribution is 6.35. The summed E-state index contributed by atoms with van der Waals surface area (Å²) in [5, 5.41) is 11.0. The van der Waals surface area contributed by atoms with Crippen molar-refractivity contribution in [2.24, 2.45) is 0 Å². The molecule has 1 aromatic heterocycles. The lowest BCUT2D eigenvalue weighted by atomic mass is 10.0. The summed E-state index contributed by atoms with van der Waals surface area (Å²) >= 11 is 0. The molecule has 0 aliphatic carbocycles. The molecular formula is C22H24N4O4. The zero-order valence-corrected chi connectivity index (χ0v) is 17.2. The molecule has 2 aromatic rings. The molecule has 30 heavy (non-hydrogen) atoms. The third-order valence-corrected chi connectivity index (χ3v) is 5.09. The van der Waals surface area contributed by atoms with Gasteiger partial charge in [-0.15, -0.1) is 0 Å². The third-order valence-electron chi connectivity index (χ3n) is 5.09. The Hall–Kier alpha value is -3.55. The first-order valence-corrected chi connectivity index (χ1v) is 9.86. The van der Waals surface area contributed by atoms with Crippen LogP contribution in [0, 0.1) is 10.1 Å². The average Bonchev–Trinajstić information content (AvgIpc) is 2.99. The standard InChI is InChI=1S/C22H24N4O4/c1-4-24(14-11-16-9-12-23-13-10-16)20-19(21(27)25(15(2)3)22(20)28)17-5-7-18(8-6-17)26(29)30/h5-10,12-13,15H,4,11,14H2,1-3H3. The molecule has 3 rings (SSSR count). The summed E-state index contributed by atoms with van der Waals surface area (Å²) in [5.41, 5.74) is 2.15. The number of amides is 2. The predicted molar refractivity (Wildman–Crippen MR) is 112 cm³/mol. The molecule has 8 nitrogen and oxygen atoms in total. The summed E-state index contributed by atoms with van der Waals surface area (Å²) in [6, 6.07) is 9.29. The van der Waals surface area contributed by atoms with Crippen LogP contribution in [0.3, 0.4) is 0 Å². The second-order valence-corrected chi connectivity index (χ2v) is 7.29. The van der Waals surface area contributed by atoms with E-state index in [9.17, 15) is 19.7 Å². The fraction of sp³-hybridized carbons (Fsp3) is 0.318. The van der Waals surface area contributed by atoms with Crippen LogP contribution in [0.5, 0.6) is 0 Å². The van der Waals surface area contributed by atoms with E-state index >= 15 is 0 Å². The van der Waals surface area contributed by atoms with Gasteiger partial charge in [-0.05, 0) is 62.6 Å². The summed E-state index contributed by atoms with van der Waals surface area (Å²) in [5.74, 6) is -0.707. The minimum atomic E-state index is -0.492. The lowest BCUT2D eigenvalue weighted by Gasteiger charge is -2.25. The van der Waals surface area contributed by atoms with Crippen molar-refractivity contribution in [3.05, 3.63) is 75.7 Å². The second kappa shape index (κ2) is 8.86. The van der Waals surface area contributed by atoms with Gasteiger partial charge in [0.1, 0.15) is 5.70 Å². The number of imide groups is 1. The number of hydrogen-bond acceptors (Lipinski definition) is 6. The number of pyridine rings is 1. The quantitative estimate of drug-likeness (QED) is 0.378. The van der Waals surface area contributed by atoms with Gasteiger partial charge in [0.05, 0.1) is 10.5 Å². The Morgan fingerprint density at radius 2 is 1.70 bits per heavy atom. The van der Waals surface area contributed by atoms with E-state index < -0.39 is 4.92 Å². The normalized spacial score (nSPS) is 14.1. The summed E-state index contributed by atoms with van der Waals surface area (Å²) in [7, 11) is 0. The van der Waals surface area contributed by atoms with E-state index in [1.807, 2.05) is 24.0 Å². The van der Waals surface area contributed by atoms with Crippen LogP contribution in [0.1, 0.15) is 31.9 Å². The SMILES string of the molecule is CCN(CCc1ccncc1)C1=C(c2ccc([N+](=O)[O-])cc2)C(=O)N(C(C)C)C1=O. The van der Waals surface area contributed by atoms with Crippen LogP contribution in [0.15, 0.2) is 54.5 Å². The van der Waals surface area contributed by atoms with Crippen molar-refractivity contribution in [2.45, 2.75) is 33.2 Å². The number of hydrogen-bond donors (Lipinski definition) is 0. The molecule has 0 atom stereocenters. The fourth-order valence-electron chi connectivity index (χ4n) is 3.55. The molecule has 1 aliphatic heterocycles. The number of non-ortho nitro benzene ring substituents is 1. The van der Waals surface area contributed by atoms with Crippen molar-refractivity contribution in [1.82, 2.24) is 14.8 Å². The summed E-state index contributed by atoms with van der Waals surface area (Å²) in [6.45, 7) is 6.61. The molecule has 0 bridgehead atoms. The van der Waals surface area contributed by atoms with Gasteiger partial charge in [0.25, 0.3) is 17.5 Å². The van der Waals surface area contributed by atoms with Crippen molar-refractivity contribution >= 4 is 23.1 Å². The van der Waals surface area contributed by atoms with Crippen LogP contribution in [0.4, 0.5) is 5.69 Å². The number of nitro groups is 1. The molecule has 2 heterocycles. The van der Waals surface area contributed by atoms with E-state index in [0.717, 1.165) is 5.56 Å². The molecule has 8 heteroatoms. The Morgan fingerprint density at radius 1 is 1.07 bits per heavy atom. The fourth-order valence-corrected chi connectivity index (χ4v) is 3.55. The predicted octanol–water partition coefficient (Wildman–Crippen LogP) is 3.04. The summed E-state index contributed by atoms with van der Waals surface area (Å²) < 4.78 is 0. The van der Waals surface area contributed by atoms with E-state index in [-0.39, 0.29) is 23.5 Å². The lowest BCUT2D eigenvalue weighted by molar-refractivity contribution is -0.384. The first kappa shape index (κ1) is 21.2. The molecule has 1 aromatic carbocycles. The number of carbonyl (C=O) groups is 2. The first-order valence-electron chi connectivity index (χ1n) is 9.86. The smallest absolute Gasteiger partial charge is 0.278 e. The third kappa shape index (κ3) is 4.07. The van der Waals surface area contributed by atoms with E-state index in [2.05, 4.69) is 4.98 Å². The number of benzene rings is 1. The van der Waals surface area contributed by atoms with Crippen molar-refractivity contribution in [1.29, 1.82) is 0 Å². The molecule has 0 saturated heterocycles. The minimum Gasteiger partial charge on any atom is -0.366 e. The van der Waals surface area contributed by atoms with E-state index in [1.54, 1.807) is 26.2 Å². The molecular weight excluding hydrogens is 384 g/mol. The Morgan fingerprint density at radius 3 is 2.23 bits per heavy atom. The minimum absolute atomic E-state index is 0.0663. The summed E-state index contributed by atoms with van der Waals surface area (Å²) in [6.07, 6.45) is 4.13. The Balaban J connectivity index is 2.02. The highest BCUT2D eigenvalue weighted by Gasteiger charge is 2.42. The molecule has 2 amide bonds. The highest BCUT2D eigenvalue weighted by Crippen LogP contribution is 2.33. The van der Waals surface area contributed by atoms with Gasteiger partial charge < -0.3 is 4.90 Å². The Kier molecular flexibility index (Phi) is 6.25. The van der Waals surface area contributed by atoms with Crippen LogP contribution in [-0.4, -0.2) is 50.7 Å². The van der Waals surface area contributed by atoms with Gasteiger partial charge in [-0.2, -0.15) is 0 Å². The van der Waals surface area contributed by atoms with Gasteiger partial charge in [0.15, 0.2) is 0 Å². The molecule has 0 unspecified atom stereocenters. The van der Waals surface area contributed by atoms with Crippen LogP contribution in [0.2, 0.25) is 0 Å². The lowest BCUT2D eigenvalue weighted by Crippen LogP contribution is -2.40. The average molecular weight is 408 g/mol. The number of carbonyl (C=O) groups excluding carboxylic acids is 2. The largest absolute Gasteiger partial charge is 0.366 e. The van der Waals surface area contributed by atoms with Gasteiger partial charge in [-0.3, -0.25) is 29.6 Å². The highest BCUT2D eigenvalue weighted by atomic mass is 16.6. The zero-order chi connectivity index (χ0) is 21.8. The van der Waals surface area contributed by atoms with Crippen LogP contribution in [-0.2, 0) is 16.0 Å². The molecule has 1 aliphatic rings. The zero-order valence-electron chi connectivity index (χ0n) is 17.2. The van der Waals surface area contributed by atoms with Crippen molar-refractivity contribution < 1.29 is 14.5 Å². The topological polar surface area (TPSA) is 96.7 Å². The van der Waals surface area contributed by atoms with Gasteiger partial charge in [-0.1, -0.05) is 0 Å². The van der Waals surface area contributed by atoms with Crippen molar-refractivity contribution in [3.8, 4) is 0 Å². The Labute approximate surface area is 175 Å². The van der Waals surface area contributed by atoms with E-state index in [0.29, 0.717) is 36.3 Å². The number of likely N-dealkylation sites (N-methyl/N-ethyl adjacent to an activating group) is 1. The summed E-state index contributed by atoms with van der Waals surface area (Å²) in [4.78, 5) is 44.0. The maximum Gasteiger partial charge on any atom is 0.278 e. The molecule has 156 valence electrons. The maximum atomic E-state index is 13.2. The maximum absolute atomic E-state index is 13.2. The van der Waals surface area contributed by atoms with Crippen molar-refractivity contribution in [3.63, 3.8) is 0 Å². The number of aromatic nitrogens is 1. The van der Waals surface area contributed by atoms with E-state index in [1.165, 1.54) is 29.2 Å². The molecule has 0 radical (unpaired) electrons. The van der Waals surface area contributed by atoms with Crippen LogP contribution in [0.25, 0.3) is 5.57 Å². The van der Waals surface area contributed by atoms with Gasteiger partial charge in [0, 0.05) is 43.7 Å². The van der Waals surface area contributed by atoms with Crippen LogP contribution >= 0.6 is 0 Å². The first-order chi connectivity index (χ1) is 14.3.